The van der Waals surface area contributed by atoms with Gasteiger partial charge in [-0.25, -0.2) is 9.59 Å². The number of carbonyl (C=O) groups is 3. The number of carbonyl (C=O) groups excluding carboxylic acids is 3. The Bertz CT molecular complexity index is 1840. The molecule has 4 aromatic carbocycles. The van der Waals surface area contributed by atoms with Gasteiger partial charge >= 0.3 is 11.7 Å². The molecule has 0 radical (unpaired) electrons. The van der Waals surface area contributed by atoms with Gasteiger partial charge in [-0.3, -0.25) is 9.59 Å². The Kier molecular flexibility index (Phi) is 10.6. The van der Waals surface area contributed by atoms with Gasteiger partial charge in [0.2, 0.25) is 11.8 Å². The summed E-state index contributed by atoms with van der Waals surface area (Å²) in [6.07, 6.45) is 0.238. The highest BCUT2D eigenvalue weighted by Crippen LogP contribution is 2.21. The molecule has 0 aliphatic carbocycles. The Morgan fingerprint density at radius 3 is 2.02 bits per heavy atom. The number of fused-ring (bicyclic) bond motifs is 1. The number of anilines is 1. The number of alkyl carbamates (subject to hydrolysis) is 1. The fraction of sp³-hybridized carbons (Fsp3) is 0.189. The fourth-order valence-corrected chi connectivity index (χ4v) is 5.09. The maximum absolute atomic E-state index is 13.8. The van der Waals surface area contributed by atoms with Gasteiger partial charge in [-0.15, -0.1) is 0 Å². The van der Waals surface area contributed by atoms with E-state index in [-0.39, 0.29) is 13.0 Å². The van der Waals surface area contributed by atoms with E-state index in [0.717, 1.165) is 27.6 Å². The van der Waals surface area contributed by atoms with E-state index in [1.807, 2.05) is 97.9 Å². The van der Waals surface area contributed by atoms with E-state index in [1.165, 1.54) is 6.07 Å². The molecule has 0 aliphatic heterocycles. The van der Waals surface area contributed by atoms with E-state index in [1.54, 1.807) is 18.2 Å². The molecular weight excluding hydrogens is 582 g/mol. The Balaban J connectivity index is 1.34. The van der Waals surface area contributed by atoms with Gasteiger partial charge < -0.3 is 25.1 Å². The molecule has 46 heavy (non-hydrogen) atoms. The van der Waals surface area contributed by atoms with Gasteiger partial charge in [-0.2, -0.15) is 0 Å². The number of benzene rings is 4. The largest absolute Gasteiger partial charge is 0.445 e. The van der Waals surface area contributed by atoms with E-state index >= 15 is 0 Å². The molecule has 9 heteroatoms. The van der Waals surface area contributed by atoms with Crippen LogP contribution in [0.2, 0.25) is 0 Å². The minimum atomic E-state index is -1.02. The van der Waals surface area contributed by atoms with E-state index in [9.17, 15) is 19.2 Å². The lowest BCUT2D eigenvalue weighted by Crippen LogP contribution is -2.53. The summed E-state index contributed by atoms with van der Waals surface area (Å²) in [6, 6.07) is 32.6. The van der Waals surface area contributed by atoms with Gasteiger partial charge in [0.1, 0.15) is 24.3 Å². The lowest BCUT2D eigenvalue weighted by molar-refractivity contribution is -0.128. The minimum absolute atomic E-state index is 0.0415. The molecule has 0 bridgehead atoms. The van der Waals surface area contributed by atoms with Gasteiger partial charge in [-0.05, 0) is 54.2 Å². The maximum atomic E-state index is 13.8. The van der Waals surface area contributed by atoms with Crippen LogP contribution >= 0.6 is 0 Å². The summed E-state index contributed by atoms with van der Waals surface area (Å²) in [5.41, 5.74) is 3.66. The second-order valence-electron chi connectivity index (χ2n) is 11.0. The Morgan fingerprint density at radius 1 is 0.717 bits per heavy atom. The van der Waals surface area contributed by atoms with Crippen molar-refractivity contribution in [2.45, 2.75) is 44.9 Å². The van der Waals surface area contributed by atoms with Gasteiger partial charge in [-0.1, -0.05) is 91.0 Å². The fourth-order valence-electron chi connectivity index (χ4n) is 5.09. The number of amides is 3. The number of nitrogens with one attached hydrogen (secondary N) is 3. The first-order valence-electron chi connectivity index (χ1n) is 15.0. The van der Waals surface area contributed by atoms with Crippen LogP contribution in [0.15, 0.2) is 124 Å². The van der Waals surface area contributed by atoms with Crippen molar-refractivity contribution in [1.82, 2.24) is 10.6 Å². The zero-order valence-corrected chi connectivity index (χ0v) is 25.4. The van der Waals surface area contributed by atoms with Crippen molar-refractivity contribution in [2.24, 2.45) is 0 Å². The SMILES string of the molecule is Cc1cc(=O)oc2cc(NC(=O)[C@H](CCc3ccccc3)NC(=O)[C@H](Cc3ccccc3)NC(=O)OCc3ccccc3)ccc12. The lowest BCUT2D eigenvalue weighted by atomic mass is 10.0. The second-order valence-corrected chi connectivity index (χ2v) is 11.0. The predicted molar refractivity (Wildman–Crippen MR) is 176 cm³/mol. The molecule has 5 rings (SSSR count). The highest BCUT2D eigenvalue weighted by atomic mass is 16.5. The number of aryl methyl sites for hydroxylation is 2. The average Bonchev–Trinajstić information content (AvgIpc) is 3.06. The normalized spacial score (nSPS) is 12.1. The summed E-state index contributed by atoms with van der Waals surface area (Å²) in [5, 5.41) is 9.16. The summed E-state index contributed by atoms with van der Waals surface area (Å²) in [7, 11) is 0. The van der Waals surface area contributed by atoms with Gasteiger partial charge in [0.15, 0.2) is 0 Å². The minimum Gasteiger partial charge on any atom is -0.445 e. The maximum Gasteiger partial charge on any atom is 0.408 e. The molecule has 0 aliphatic rings. The monoisotopic (exact) mass is 617 g/mol. The zero-order chi connectivity index (χ0) is 32.3. The molecule has 1 aromatic heterocycles. The second kappa shape index (κ2) is 15.3. The van der Waals surface area contributed by atoms with Crippen molar-refractivity contribution in [3.8, 4) is 0 Å². The lowest BCUT2D eigenvalue weighted by Gasteiger charge is -2.23. The van der Waals surface area contributed by atoms with Crippen LogP contribution in [0.25, 0.3) is 11.0 Å². The molecular formula is C37H35N3O6. The predicted octanol–water partition coefficient (Wildman–Crippen LogP) is 5.70. The smallest absolute Gasteiger partial charge is 0.408 e. The van der Waals surface area contributed by atoms with Crippen molar-refractivity contribution >= 4 is 34.6 Å². The van der Waals surface area contributed by atoms with Crippen LogP contribution in [0.4, 0.5) is 10.5 Å². The molecule has 0 unspecified atom stereocenters. The molecule has 0 fully saturated rings. The number of hydrogen-bond acceptors (Lipinski definition) is 6. The molecule has 3 N–H and O–H groups in total. The zero-order valence-electron chi connectivity index (χ0n) is 25.4. The highest BCUT2D eigenvalue weighted by Gasteiger charge is 2.28. The summed E-state index contributed by atoms with van der Waals surface area (Å²) >= 11 is 0. The third-order valence-corrected chi connectivity index (χ3v) is 7.52. The molecule has 1 heterocycles. The molecule has 0 saturated heterocycles. The topological polar surface area (TPSA) is 127 Å². The molecule has 9 nitrogen and oxygen atoms in total. The number of hydrogen-bond donors (Lipinski definition) is 3. The Morgan fingerprint density at radius 2 is 1.35 bits per heavy atom. The van der Waals surface area contributed by atoms with Crippen molar-refractivity contribution in [3.05, 3.63) is 148 Å². The van der Waals surface area contributed by atoms with Crippen LogP contribution in [-0.4, -0.2) is 30.0 Å². The molecule has 234 valence electrons. The molecule has 5 aromatic rings. The van der Waals surface area contributed by atoms with Gasteiger partial charge in [0, 0.05) is 29.6 Å². The first-order chi connectivity index (χ1) is 22.3. The molecule has 3 amide bonds. The summed E-state index contributed by atoms with van der Waals surface area (Å²) < 4.78 is 10.7. The van der Waals surface area contributed by atoms with Crippen LogP contribution in [0.1, 0.15) is 28.7 Å². The summed E-state index contributed by atoms with van der Waals surface area (Å²) in [6.45, 7) is 1.85. The van der Waals surface area contributed by atoms with Crippen molar-refractivity contribution in [1.29, 1.82) is 0 Å². The first kappa shape index (κ1) is 31.7. The molecule has 2 atom stereocenters. The van der Waals surface area contributed by atoms with Crippen LogP contribution in [0.5, 0.6) is 0 Å². The quantitative estimate of drug-likeness (QED) is 0.154. The third kappa shape index (κ3) is 8.92. The number of rotatable bonds is 12. The van der Waals surface area contributed by atoms with Crippen LogP contribution in [0.3, 0.4) is 0 Å². The standard InChI is InChI=1S/C37H35N3O6/c1-25-21-34(41)46-33-23-29(18-19-30(25)33)38-35(42)31(20-17-26-11-5-2-6-12-26)39-36(43)32(22-27-13-7-3-8-14-27)40-37(44)45-24-28-15-9-4-10-16-28/h2-16,18-19,21,23,31-32H,17,20,22,24H2,1H3,(H,38,42)(H,39,43)(H,40,44)/t31-,32-/m0/s1. The highest BCUT2D eigenvalue weighted by molar-refractivity contribution is 5.99. The first-order valence-corrected chi connectivity index (χ1v) is 15.0. The Labute approximate surface area is 266 Å². The van der Waals surface area contributed by atoms with E-state index in [2.05, 4.69) is 16.0 Å². The number of ether oxygens (including phenoxy) is 1. The van der Waals surface area contributed by atoms with Crippen molar-refractivity contribution < 1.29 is 23.5 Å². The molecule has 0 spiro atoms. The van der Waals surface area contributed by atoms with E-state index < -0.39 is 35.6 Å². The Hall–Kier alpha value is -5.70. The third-order valence-electron chi connectivity index (χ3n) is 7.52. The van der Waals surface area contributed by atoms with E-state index in [4.69, 9.17) is 9.15 Å². The molecule has 0 saturated carbocycles. The average molecular weight is 618 g/mol. The van der Waals surface area contributed by atoms with Gasteiger partial charge in [0.05, 0.1) is 0 Å². The van der Waals surface area contributed by atoms with Gasteiger partial charge in [0.25, 0.3) is 0 Å². The van der Waals surface area contributed by atoms with Crippen LogP contribution < -0.4 is 21.6 Å². The van der Waals surface area contributed by atoms with E-state index in [0.29, 0.717) is 24.1 Å². The van der Waals surface area contributed by atoms with Crippen molar-refractivity contribution in [3.63, 3.8) is 0 Å². The van der Waals surface area contributed by atoms with Crippen molar-refractivity contribution in [2.75, 3.05) is 5.32 Å². The van der Waals surface area contributed by atoms with Crippen LogP contribution in [-0.2, 0) is 33.8 Å². The summed E-state index contributed by atoms with van der Waals surface area (Å²) in [5.74, 6) is -0.988. The van der Waals surface area contributed by atoms with Crippen LogP contribution in [0, 0.1) is 6.92 Å². The summed E-state index contributed by atoms with van der Waals surface area (Å²) in [4.78, 5) is 52.2.